The number of benzene rings is 1. The van der Waals surface area contributed by atoms with E-state index in [0.29, 0.717) is 12.6 Å². The highest BCUT2D eigenvalue weighted by Crippen LogP contribution is 2.09. The number of rotatable bonds is 10. The van der Waals surface area contributed by atoms with Crippen LogP contribution >= 0.6 is 24.0 Å². The number of hydrogen-bond acceptors (Lipinski definition) is 4. The summed E-state index contributed by atoms with van der Waals surface area (Å²) in [7, 11) is 1.69. The normalized spacial score (nSPS) is 17.3. The van der Waals surface area contributed by atoms with Crippen LogP contribution in [0.5, 0.6) is 0 Å². The van der Waals surface area contributed by atoms with Gasteiger partial charge >= 0.3 is 0 Å². The maximum Gasteiger partial charge on any atom is 0.188 e. The van der Waals surface area contributed by atoms with Gasteiger partial charge < -0.3 is 20.7 Å². The summed E-state index contributed by atoms with van der Waals surface area (Å²) in [4.78, 5) is 9.50. The molecular weight excluding hydrogens is 453 g/mol. The maximum atomic E-state index is 5.88. The Morgan fingerprint density at radius 1 is 1.15 bits per heavy atom. The number of aliphatic imine (C=N–C) groups is 1. The second-order valence-electron chi connectivity index (χ2n) is 7.08. The average Bonchev–Trinajstić information content (AvgIpc) is 2.64. The van der Waals surface area contributed by atoms with E-state index >= 15 is 0 Å². The third kappa shape index (κ3) is 10.3. The zero-order valence-corrected chi connectivity index (χ0v) is 19.1. The first-order chi connectivity index (χ1) is 12.7. The van der Waals surface area contributed by atoms with Gasteiger partial charge in [0.1, 0.15) is 0 Å². The van der Waals surface area contributed by atoms with Gasteiger partial charge in [-0.2, -0.15) is 0 Å². The monoisotopic (exact) mass is 489 g/mol. The minimum Gasteiger partial charge on any atom is -0.383 e. The molecule has 2 rings (SSSR count). The number of nitrogens with one attached hydrogen (secondary N) is 1. The lowest BCUT2D eigenvalue weighted by Crippen LogP contribution is -2.46. The molecule has 0 radical (unpaired) electrons. The second-order valence-corrected chi connectivity index (χ2v) is 7.08. The average molecular weight is 489 g/mol. The summed E-state index contributed by atoms with van der Waals surface area (Å²) in [6.45, 7) is 10.3. The molecule has 1 aliphatic heterocycles. The van der Waals surface area contributed by atoms with Crippen LogP contribution in [-0.4, -0.2) is 74.8 Å². The van der Waals surface area contributed by atoms with Crippen LogP contribution < -0.4 is 11.1 Å². The van der Waals surface area contributed by atoms with E-state index in [1.807, 2.05) is 6.92 Å². The van der Waals surface area contributed by atoms with Crippen molar-refractivity contribution in [2.75, 3.05) is 53.0 Å². The predicted molar refractivity (Wildman–Crippen MR) is 124 cm³/mol. The lowest BCUT2D eigenvalue weighted by Gasteiger charge is -2.34. The van der Waals surface area contributed by atoms with Gasteiger partial charge in [0.15, 0.2) is 5.96 Å². The Morgan fingerprint density at radius 2 is 1.81 bits per heavy atom. The molecule has 0 aliphatic carbocycles. The Labute approximate surface area is 181 Å². The number of hydrogen-bond donors (Lipinski definition) is 2. The Balaban J connectivity index is 0.00000364. The first-order valence-electron chi connectivity index (χ1n) is 9.71. The van der Waals surface area contributed by atoms with Crippen LogP contribution in [0.3, 0.4) is 0 Å². The summed E-state index contributed by atoms with van der Waals surface area (Å²) in [5.74, 6) is 0.518. The van der Waals surface area contributed by atoms with E-state index in [2.05, 4.69) is 50.4 Å². The molecule has 0 spiro atoms. The van der Waals surface area contributed by atoms with Gasteiger partial charge in [-0.15, -0.1) is 24.0 Å². The Morgan fingerprint density at radius 3 is 2.48 bits per heavy atom. The van der Waals surface area contributed by atoms with E-state index in [0.717, 1.165) is 52.2 Å². The topological polar surface area (TPSA) is 66.1 Å². The molecule has 0 aromatic heterocycles. The van der Waals surface area contributed by atoms with Crippen LogP contribution in [0.25, 0.3) is 0 Å². The smallest absolute Gasteiger partial charge is 0.188 e. The fourth-order valence-corrected chi connectivity index (χ4v) is 3.25. The molecule has 1 aromatic rings. The summed E-state index contributed by atoms with van der Waals surface area (Å²) < 4.78 is 5.07. The van der Waals surface area contributed by atoms with Crippen LogP contribution in [0, 0.1) is 0 Å². The summed E-state index contributed by atoms with van der Waals surface area (Å²) in [5.41, 5.74) is 7.28. The molecule has 154 valence electrons. The predicted octanol–water partition coefficient (Wildman–Crippen LogP) is 2.14. The van der Waals surface area contributed by atoms with Crippen LogP contribution in [-0.2, 0) is 11.3 Å². The van der Waals surface area contributed by atoms with Crippen molar-refractivity contribution in [1.29, 1.82) is 0 Å². The molecule has 1 heterocycles. The molecule has 1 aromatic carbocycles. The highest BCUT2D eigenvalue weighted by atomic mass is 127. The van der Waals surface area contributed by atoms with Gasteiger partial charge in [-0.25, -0.2) is 0 Å². The van der Waals surface area contributed by atoms with Crippen molar-refractivity contribution in [2.45, 2.75) is 32.4 Å². The molecular formula is C20H36IN5O. The van der Waals surface area contributed by atoms with Crippen LogP contribution in [0.2, 0.25) is 0 Å². The highest BCUT2D eigenvalue weighted by Gasteiger charge is 2.16. The van der Waals surface area contributed by atoms with Crippen molar-refractivity contribution < 1.29 is 4.74 Å². The fraction of sp³-hybridized carbons (Fsp3) is 0.650. The van der Waals surface area contributed by atoms with Gasteiger partial charge in [0.2, 0.25) is 0 Å². The molecule has 27 heavy (non-hydrogen) atoms. The third-order valence-electron chi connectivity index (χ3n) is 4.69. The minimum absolute atomic E-state index is 0. The summed E-state index contributed by atoms with van der Waals surface area (Å²) in [6, 6.07) is 10.9. The van der Waals surface area contributed by atoms with Crippen molar-refractivity contribution in [3.8, 4) is 0 Å². The molecule has 0 saturated carbocycles. The van der Waals surface area contributed by atoms with Crippen molar-refractivity contribution in [1.82, 2.24) is 15.1 Å². The van der Waals surface area contributed by atoms with Crippen molar-refractivity contribution in [3.63, 3.8) is 0 Å². The number of guanidine groups is 1. The van der Waals surface area contributed by atoms with E-state index in [1.54, 1.807) is 7.11 Å². The van der Waals surface area contributed by atoms with Crippen molar-refractivity contribution in [2.24, 2.45) is 10.7 Å². The van der Waals surface area contributed by atoms with Gasteiger partial charge in [-0.3, -0.25) is 9.89 Å². The molecule has 1 atom stereocenters. The summed E-state index contributed by atoms with van der Waals surface area (Å²) in [5, 5.41) is 3.13. The molecule has 7 heteroatoms. The van der Waals surface area contributed by atoms with E-state index in [1.165, 1.54) is 12.0 Å². The molecule has 1 aliphatic rings. The Hall–Kier alpha value is -0.900. The quantitative estimate of drug-likeness (QED) is 0.228. The van der Waals surface area contributed by atoms with Gasteiger partial charge in [0.05, 0.1) is 6.61 Å². The first kappa shape index (κ1) is 24.1. The number of nitrogens with two attached hydrogens (primary N) is 1. The van der Waals surface area contributed by atoms with Gasteiger partial charge in [0.25, 0.3) is 0 Å². The highest BCUT2D eigenvalue weighted by molar-refractivity contribution is 14.0. The molecule has 1 fully saturated rings. The summed E-state index contributed by atoms with van der Waals surface area (Å²) >= 11 is 0. The minimum atomic E-state index is 0. The molecule has 1 unspecified atom stereocenters. The number of halogens is 1. The van der Waals surface area contributed by atoms with Crippen LogP contribution in [0.15, 0.2) is 35.3 Å². The maximum absolute atomic E-state index is 5.88. The van der Waals surface area contributed by atoms with Gasteiger partial charge in [-0.05, 0) is 31.9 Å². The zero-order valence-electron chi connectivity index (χ0n) is 16.8. The fourth-order valence-electron chi connectivity index (χ4n) is 3.25. The number of nitrogens with zero attached hydrogens (tertiary/aromatic N) is 3. The molecule has 3 N–H and O–H groups in total. The molecule has 0 bridgehead atoms. The van der Waals surface area contributed by atoms with Gasteiger partial charge in [-0.1, -0.05) is 30.3 Å². The molecule has 1 saturated heterocycles. The molecule has 6 nitrogen and oxygen atoms in total. The lowest BCUT2D eigenvalue weighted by atomic mass is 10.2. The van der Waals surface area contributed by atoms with Gasteiger partial charge in [0, 0.05) is 52.4 Å². The van der Waals surface area contributed by atoms with E-state index < -0.39 is 0 Å². The third-order valence-corrected chi connectivity index (χ3v) is 4.69. The van der Waals surface area contributed by atoms with E-state index in [4.69, 9.17) is 10.5 Å². The Kier molecular flexibility index (Phi) is 12.6. The standard InChI is InChI=1S/C20H35N5O.HI/c1-18(17-26-2)23-20(21)22-10-6-7-11-24-12-14-25(15-13-24)16-19-8-4-3-5-9-19;/h3-5,8-9,18H,6-7,10-17H2,1-2H3,(H3,21,22,23);1H. The molecule has 0 amide bonds. The van der Waals surface area contributed by atoms with Crippen molar-refractivity contribution >= 4 is 29.9 Å². The van der Waals surface area contributed by atoms with E-state index in [-0.39, 0.29) is 30.0 Å². The zero-order chi connectivity index (χ0) is 18.6. The Bertz CT molecular complexity index is 520. The first-order valence-corrected chi connectivity index (χ1v) is 9.71. The van der Waals surface area contributed by atoms with Crippen LogP contribution in [0.1, 0.15) is 25.3 Å². The van der Waals surface area contributed by atoms with E-state index in [9.17, 15) is 0 Å². The number of methoxy groups -OCH3 is 1. The second kappa shape index (κ2) is 14.1. The van der Waals surface area contributed by atoms with Crippen LogP contribution in [0.4, 0.5) is 0 Å². The number of ether oxygens (including phenoxy) is 1. The number of unbranched alkanes of at least 4 members (excludes halogenated alkanes) is 1. The van der Waals surface area contributed by atoms with Crippen molar-refractivity contribution in [3.05, 3.63) is 35.9 Å². The summed E-state index contributed by atoms with van der Waals surface area (Å²) in [6.07, 6.45) is 2.24. The largest absolute Gasteiger partial charge is 0.383 e. The number of piperazine rings is 1. The lowest BCUT2D eigenvalue weighted by molar-refractivity contribution is 0.126. The SMILES string of the molecule is COCC(C)NC(N)=NCCCCN1CCN(Cc2ccccc2)CC1.I.